The first-order chi connectivity index (χ1) is 12.5. The van der Waals surface area contributed by atoms with Crippen LogP contribution in [0.15, 0.2) is 54.9 Å². The maximum atomic E-state index is 13.0. The molecule has 26 heavy (non-hydrogen) atoms. The van der Waals surface area contributed by atoms with E-state index in [1.165, 1.54) is 6.92 Å². The van der Waals surface area contributed by atoms with Crippen LogP contribution in [-0.4, -0.2) is 21.0 Å². The van der Waals surface area contributed by atoms with Gasteiger partial charge in [0.2, 0.25) is 5.78 Å². The van der Waals surface area contributed by atoms with Gasteiger partial charge in [-0.2, -0.15) is 0 Å². The minimum atomic E-state index is -0.209. The molecule has 0 N–H and O–H groups in total. The lowest BCUT2D eigenvalue weighted by atomic mass is 10.1. The van der Waals surface area contributed by atoms with Crippen LogP contribution < -0.4 is 0 Å². The highest BCUT2D eigenvalue weighted by Crippen LogP contribution is 2.28. The van der Waals surface area contributed by atoms with E-state index in [9.17, 15) is 9.59 Å². The zero-order valence-corrected chi connectivity index (χ0v) is 15.2. The van der Waals surface area contributed by atoms with E-state index in [1.54, 1.807) is 53.2 Å². The molecule has 0 fully saturated rings. The molecule has 0 amide bonds. The molecule has 2 heterocycles. The van der Waals surface area contributed by atoms with Gasteiger partial charge in [-0.15, -0.1) is 0 Å². The third kappa shape index (κ3) is 2.68. The molecular weight excluding hydrogens is 371 g/mol. The SMILES string of the molecule is CC(=O)c1cc(C(=O)c2ccc(Cl)cc2)n2cnc3cc(Cl)ccc3c12. The summed E-state index contributed by atoms with van der Waals surface area (Å²) in [5.74, 6) is -0.334. The molecular formula is C20H12Cl2N2O2. The monoisotopic (exact) mass is 382 g/mol. The van der Waals surface area contributed by atoms with Gasteiger partial charge in [0.15, 0.2) is 5.78 Å². The van der Waals surface area contributed by atoms with Gasteiger partial charge in [0, 0.05) is 26.6 Å². The highest BCUT2D eigenvalue weighted by molar-refractivity contribution is 6.31. The van der Waals surface area contributed by atoms with Crippen LogP contribution in [0.3, 0.4) is 0 Å². The minimum Gasteiger partial charge on any atom is -0.296 e. The molecule has 0 spiro atoms. The van der Waals surface area contributed by atoms with Crippen LogP contribution in [-0.2, 0) is 0 Å². The van der Waals surface area contributed by atoms with E-state index in [0.29, 0.717) is 37.9 Å². The van der Waals surface area contributed by atoms with Crippen molar-refractivity contribution >= 4 is 51.2 Å². The Balaban J connectivity index is 2.02. The lowest BCUT2D eigenvalue weighted by Gasteiger charge is -2.06. The number of aromatic nitrogens is 2. The summed E-state index contributed by atoms with van der Waals surface area (Å²) in [6.07, 6.45) is 1.55. The maximum absolute atomic E-state index is 13.0. The molecule has 6 heteroatoms. The van der Waals surface area contributed by atoms with Gasteiger partial charge < -0.3 is 0 Å². The number of carbonyl (C=O) groups is 2. The molecule has 0 aliphatic rings. The van der Waals surface area contributed by atoms with E-state index >= 15 is 0 Å². The van der Waals surface area contributed by atoms with Gasteiger partial charge in [0.25, 0.3) is 0 Å². The number of fused-ring (bicyclic) bond motifs is 3. The number of hydrogen-bond donors (Lipinski definition) is 0. The third-order valence-electron chi connectivity index (χ3n) is 4.28. The first kappa shape index (κ1) is 16.8. The average Bonchev–Trinajstić information content (AvgIpc) is 3.01. The highest BCUT2D eigenvalue weighted by atomic mass is 35.5. The van der Waals surface area contributed by atoms with Crippen molar-refractivity contribution in [3.05, 3.63) is 81.7 Å². The smallest absolute Gasteiger partial charge is 0.209 e. The number of benzene rings is 2. The Labute approximate surface area is 159 Å². The predicted octanol–water partition coefficient (Wildman–Crippen LogP) is 5.23. The van der Waals surface area contributed by atoms with E-state index in [4.69, 9.17) is 23.2 Å². The Morgan fingerprint density at radius 3 is 2.35 bits per heavy atom. The van der Waals surface area contributed by atoms with Gasteiger partial charge >= 0.3 is 0 Å². The van der Waals surface area contributed by atoms with Crippen molar-refractivity contribution in [3.8, 4) is 0 Å². The van der Waals surface area contributed by atoms with Crippen molar-refractivity contribution < 1.29 is 9.59 Å². The van der Waals surface area contributed by atoms with E-state index < -0.39 is 0 Å². The van der Waals surface area contributed by atoms with Gasteiger partial charge in [-0.05, 0) is 55.5 Å². The van der Waals surface area contributed by atoms with E-state index in [1.807, 2.05) is 6.07 Å². The summed E-state index contributed by atoms with van der Waals surface area (Å²) in [4.78, 5) is 29.6. The summed E-state index contributed by atoms with van der Waals surface area (Å²) in [5.41, 5.74) is 2.64. The molecule has 128 valence electrons. The average molecular weight is 383 g/mol. The van der Waals surface area contributed by atoms with Crippen LogP contribution in [0, 0.1) is 0 Å². The molecule has 0 saturated carbocycles. The normalized spacial score (nSPS) is 11.2. The number of rotatable bonds is 3. The number of Topliss-reactive ketones (excluding diaryl/α,β-unsaturated/α-hetero) is 1. The molecule has 0 aliphatic carbocycles. The molecule has 4 nitrogen and oxygen atoms in total. The predicted molar refractivity (Wildman–Crippen MR) is 103 cm³/mol. The van der Waals surface area contributed by atoms with Gasteiger partial charge in [0.05, 0.1) is 16.7 Å². The number of nitrogens with zero attached hydrogens (tertiary/aromatic N) is 2. The molecule has 0 unspecified atom stereocenters. The summed E-state index contributed by atoms with van der Waals surface area (Å²) in [6, 6.07) is 13.5. The molecule has 0 bridgehead atoms. The van der Waals surface area contributed by atoms with E-state index in [0.717, 1.165) is 5.39 Å². The molecule has 0 aliphatic heterocycles. The van der Waals surface area contributed by atoms with Crippen LogP contribution in [0.1, 0.15) is 33.3 Å². The van der Waals surface area contributed by atoms with Crippen LogP contribution in [0.4, 0.5) is 0 Å². The first-order valence-corrected chi connectivity index (χ1v) is 8.62. The molecule has 4 rings (SSSR count). The van der Waals surface area contributed by atoms with Crippen molar-refractivity contribution in [2.75, 3.05) is 0 Å². The molecule has 0 atom stereocenters. The van der Waals surface area contributed by atoms with Crippen molar-refractivity contribution in [2.24, 2.45) is 0 Å². The number of hydrogen-bond acceptors (Lipinski definition) is 3. The minimum absolute atomic E-state index is 0.125. The molecule has 2 aromatic carbocycles. The lowest BCUT2D eigenvalue weighted by Crippen LogP contribution is -2.05. The summed E-state index contributed by atoms with van der Waals surface area (Å²) in [6.45, 7) is 1.48. The fourth-order valence-corrected chi connectivity index (χ4v) is 3.34. The zero-order chi connectivity index (χ0) is 18.4. The van der Waals surface area contributed by atoms with Gasteiger partial charge in [-0.1, -0.05) is 23.2 Å². The molecule has 0 radical (unpaired) electrons. The van der Waals surface area contributed by atoms with Crippen molar-refractivity contribution in [2.45, 2.75) is 6.92 Å². The number of carbonyl (C=O) groups excluding carboxylic acids is 2. The van der Waals surface area contributed by atoms with Gasteiger partial charge in [-0.3, -0.25) is 14.0 Å². The van der Waals surface area contributed by atoms with Crippen LogP contribution in [0.25, 0.3) is 16.4 Å². The Kier molecular flexibility index (Phi) is 4.02. The lowest BCUT2D eigenvalue weighted by molar-refractivity contribution is 0.101. The molecule has 2 aromatic heterocycles. The molecule has 4 aromatic rings. The van der Waals surface area contributed by atoms with Crippen molar-refractivity contribution in [3.63, 3.8) is 0 Å². The van der Waals surface area contributed by atoms with E-state index in [2.05, 4.69) is 4.98 Å². The third-order valence-corrected chi connectivity index (χ3v) is 4.77. The Morgan fingerprint density at radius 2 is 1.65 bits per heavy atom. The number of halogens is 2. The summed E-state index contributed by atoms with van der Waals surface area (Å²) >= 11 is 11.9. The maximum Gasteiger partial charge on any atom is 0.209 e. The Morgan fingerprint density at radius 1 is 0.962 bits per heavy atom. The number of ketones is 2. The van der Waals surface area contributed by atoms with Gasteiger partial charge in [0.1, 0.15) is 6.33 Å². The Bertz CT molecular complexity index is 1190. The molecule has 0 saturated heterocycles. The largest absolute Gasteiger partial charge is 0.296 e. The summed E-state index contributed by atoms with van der Waals surface area (Å²) in [5, 5.41) is 1.87. The fourth-order valence-electron chi connectivity index (χ4n) is 3.04. The quantitative estimate of drug-likeness (QED) is 0.456. The fraction of sp³-hybridized carbons (Fsp3) is 0.0500. The van der Waals surface area contributed by atoms with E-state index in [-0.39, 0.29) is 11.6 Å². The first-order valence-electron chi connectivity index (χ1n) is 7.86. The second-order valence-electron chi connectivity index (χ2n) is 5.96. The summed E-state index contributed by atoms with van der Waals surface area (Å²) < 4.78 is 1.66. The second kappa shape index (κ2) is 6.24. The van der Waals surface area contributed by atoms with Crippen molar-refractivity contribution in [1.82, 2.24) is 9.38 Å². The van der Waals surface area contributed by atoms with Crippen LogP contribution in [0.5, 0.6) is 0 Å². The standard InChI is InChI=1S/C20H12Cl2N2O2/c1-11(25)16-9-18(20(26)12-2-4-13(21)5-3-12)24-10-23-17-8-14(22)6-7-15(17)19(16)24/h2-10H,1H3. The second-order valence-corrected chi connectivity index (χ2v) is 6.83. The summed E-state index contributed by atoms with van der Waals surface area (Å²) in [7, 11) is 0. The Hall–Kier alpha value is -2.69. The zero-order valence-electron chi connectivity index (χ0n) is 13.7. The van der Waals surface area contributed by atoms with Crippen LogP contribution >= 0.6 is 23.2 Å². The van der Waals surface area contributed by atoms with Crippen LogP contribution in [0.2, 0.25) is 10.0 Å². The topological polar surface area (TPSA) is 51.4 Å². The highest BCUT2D eigenvalue weighted by Gasteiger charge is 2.21. The van der Waals surface area contributed by atoms with Gasteiger partial charge in [-0.25, -0.2) is 4.98 Å². The van der Waals surface area contributed by atoms with Crippen molar-refractivity contribution in [1.29, 1.82) is 0 Å².